The van der Waals surface area contributed by atoms with Gasteiger partial charge >= 0.3 is 0 Å². The van der Waals surface area contributed by atoms with Gasteiger partial charge in [0.05, 0.1) is 17.1 Å². The fourth-order valence-corrected chi connectivity index (χ4v) is 2.64. The van der Waals surface area contributed by atoms with E-state index in [2.05, 4.69) is 9.88 Å². The highest BCUT2D eigenvalue weighted by Crippen LogP contribution is 2.18. The molecule has 9 heteroatoms. The van der Waals surface area contributed by atoms with Crippen molar-refractivity contribution in [3.05, 3.63) is 47.1 Å². The number of sulfonamides is 1. The zero-order chi connectivity index (χ0) is 16.5. The monoisotopic (exact) mass is 334 g/mol. The van der Waals surface area contributed by atoms with Crippen molar-refractivity contribution in [2.75, 3.05) is 0 Å². The zero-order valence-corrected chi connectivity index (χ0v) is 12.5. The molecule has 22 heavy (non-hydrogen) atoms. The van der Waals surface area contributed by atoms with Crippen molar-refractivity contribution in [1.29, 1.82) is 0 Å². The summed E-state index contributed by atoms with van der Waals surface area (Å²) < 4.78 is 69.9. The molecule has 0 bridgehead atoms. The van der Waals surface area contributed by atoms with E-state index in [1.807, 2.05) is 13.8 Å². The second-order valence-corrected chi connectivity index (χ2v) is 6.67. The summed E-state index contributed by atoms with van der Waals surface area (Å²) in [5.74, 6) is -4.54. The lowest BCUT2D eigenvalue weighted by atomic mass is 10.1. The molecule has 0 spiro atoms. The lowest BCUT2D eigenvalue weighted by Crippen LogP contribution is -2.23. The largest absolute Gasteiger partial charge is 0.360 e. The zero-order valence-electron chi connectivity index (χ0n) is 11.7. The molecule has 2 rings (SSSR count). The highest BCUT2D eigenvalue weighted by atomic mass is 32.2. The molecule has 0 saturated heterocycles. The van der Waals surface area contributed by atoms with Crippen LogP contribution in [0.25, 0.3) is 0 Å². The fraction of sp³-hybridized carbons (Fsp3) is 0.308. The summed E-state index contributed by atoms with van der Waals surface area (Å²) in [5, 5.41) is 3.75. The molecule has 0 radical (unpaired) electrons. The molecule has 0 fully saturated rings. The van der Waals surface area contributed by atoms with E-state index in [4.69, 9.17) is 4.52 Å². The standard InChI is InChI=1S/C13H13F3N2O3S/c1-7(2)12-3-8(21-18-12)6-17-22(19,20)9-4-10(14)13(16)11(15)5-9/h3-5,7,17H,6H2,1-2H3. The van der Waals surface area contributed by atoms with E-state index in [9.17, 15) is 21.6 Å². The van der Waals surface area contributed by atoms with E-state index >= 15 is 0 Å². The van der Waals surface area contributed by atoms with Crippen molar-refractivity contribution in [2.24, 2.45) is 0 Å². The summed E-state index contributed by atoms with van der Waals surface area (Å²) in [7, 11) is -4.22. The second-order valence-electron chi connectivity index (χ2n) is 4.90. The van der Waals surface area contributed by atoms with E-state index in [0.717, 1.165) is 0 Å². The lowest BCUT2D eigenvalue weighted by Gasteiger charge is -2.06. The normalized spacial score (nSPS) is 12.1. The third kappa shape index (κ3) is 3.47. The number of nitrogens with one attached hydrogen (secondary N) is 1. The average molecular weight is 334 g/mol. The van der Waals surface area contributed by atoms with Gasteiger partial charge in [-0.05, 0) is 18.1 Å². The Hall–Kier alpha value is -1.87. The number of nitrogens with zero attached hydrogens (tertiary/aromatic N) is 1. The Morgan fingerprint density at radius 1 is 1.18 bits per heavy atom. The number of benzene rings is 1. The minimum absolute atomic E-state index is 0.106. The van der Waals surface area contributed by atoms with E-state index in [1.165, 1.54) is 0 Å². The average Bonchev–Trinajstić information content (AvgIpc) is 2.91. The number of hydrogen-bond acceptors (Lipinski definition) is 4. The number of rotatable bonds is 5. The molecular weight excluding hydrogens is 321 g/mol. The maximum atomic E-state index is 13.1. The molecule has 0 amide bonds. The molecular formula is C13H13F3N2O3S. The molecule has 120 valence electrons. The maximum Gasteiger partial charge on any atom is 0.241 e. The van der Waals surface area contributed by atoms with Crippen LogP contribution in [-0.2, 0) is 16.6 Å². The van der Waals surface area contributed by atoms with Gasteiger partial charge in [0.2, 0.25) is 10.0 Å². The van der Waals surface area contributed by atoms with Gasteiger partial charge in [0.1, 0.15) is 0 Å². The maximum absolute atomic E-state index is 13.1. The molecule has 1 aromatic carbocycles. The first-order chi connectivity index (χ1) is 10.2. The van der Waals surface area contributed by atoms with Crippen LogP contribution in [0, 0.1) is 17.5 Å². The van der Waals surface area contributed by atoms with Crippen molar-refractivity contribution < 1.29 is 26.1 Å². The third-order valence-corrected chi connectivity index (χ3v) is 4.25. The van der Waals surface area contributed by atoms with E-state index in [1.54, 1.807) is 6.07 Å². The first-order valence-electron chi connectivity index (χ1n) is 6.30. The van der Waals surface area contributed by atoms with Crippen molar-refractivity contribution in [2.45, 2.75) is 31.2 Å². The van der Waals surface area contributed by atoms with Gasteiger partial charge in [0.15, 0.2) is 23.2 Å². The molecule has 0 aliphatic heterocycles. The fourth-order valence-electron chi connectivity index (χ4n) is 1.62. The molecule has 0 unspecified atom stereocenters. The molecule has 0 aliphatic rings. The first-order valence-corrected chi connectivity index (χ1v) is 7.78. The van der Waals surface area contributed by atoms with Crippen molar-refractivity contribution in [3.63, 3.8) is 0 Å². The number of aromatic nitrogens is 1. The van der Waals surface area contributed by atoms with Crippen LogP contribution in [-0.4, -0.2) is 13.6 Å². The van der Waals surface area contributed by atoms with Crippen molar-refractivity contribution in [3.8, 4) is 0 Å². The molecule has 1 aromatic heterocycles. The van der Waals surface area contributed by atoms with Crippen molar-refractivity contribution in [1.82, 2.24) is 9.88 Å². The Kier molecular flexibility index (Phi) is 4.57. The lowest BCUT2D eigenvalue weighted by molar-refractivity contribution is 0.372. The Balaban J connectivity index is 2.17. The summed E-state index contributed by atoms with van der Waals surface area (Å²) in [6.07, 6.45) is 0. The van der Waals surface area contributed by atoms with Crippen LogP contribution in [0.4, 0.5) is 13.2 Å². The molecule has 5 nitrogen and oxygen atoms in total. The van der Waals surface area contributed by atoms with Gasteiger partial charge in [0, 0.05) is 6.07 Å². The van der Waals surface area contributed by atoms with Crippen LogP contribution in [0.5, 0.6) is 0 Å². The Morgan fingerprint density at radius 2 is 1.77 bits per heavy atom. The summed E-state index contributed by atoms with van der Waals surface area (Å²) in [6.45, 7) is 3.52. The predicted octanol–water partition coefficient (Wildman–Crippen LogP) is 2.69. The van der Waals surface area contributed by atoms with Crippen molar-refractivity contribution >= 4 is 10.0 Å². The van der Waals surface area contributed by atoms with E-state index < -0.39 is 32.4 Å². The summed E-state index contributed by atoms with van der Waals surface area (Å²) in [6, 6.07) is 2.38. The molecule has 0 atom stereocenters. The van der Waals surface area contributed by atoms with Crippen LogP contribution in [0.2, 0.25) is 0 Å². The topological polar surface area (TPSA) is 72.2 Å². The number of hydrogen-bond donors (Lipinski definition) is 1. The number of halogens is 3. The molecule has 1 N–H and O–H groups in total. The minimum atomic E-state index is -4.22. The second kappa shape index (κ2) is 6.09. The Morgan fingerprint density at radius 3 is 2.27 bits per heavy atom. The van der Waals surface area contributed by atoms with Crippen LogP contribution in [0.15, 0.2) is 27.6 Å². The van der Waals surface area contributed by atoms with Gasteiger partial charge in [-0.15, -0.1) is 0 Å². The molecule has 0 saturated carbocycles. The highest BCUT2D eigenvalue weighted by molar-refractivity contribution is 7.89. The Labute approximate surface area is 125 Å². The van der Waals surface area contributed by atoms with Crippen LogP contribution in [0.3, 0.4) is 0 Å². The van der Waals surface area contributed by atoms with Gasteiger partial charge in [-0.25, -0.2) is 26.3 Å². The minimum Gasteiger partial charge on any atom is -0.360 e. The van der Waals surface area contributed by atoms with Crippen LogP contribution < -0.4 is 4.72 Å². The first kappa shape index (κ1) is 16.5. The summed E-state index contributed by atoms with van der Waals surface area (Å²) in [4.78, 5) is -0.715. The molecule has 2 aromatic rings. The third-order valence-electron chi connectivity index (χ3n) is 2.87. The van der Waals surface area contributed by atoms with Gasteiger partial charge in [-0.2, -0.15) is 0 Å². The van der Waals surface area contributed by atoms with Gasteiger partial charge in [-0.1, -0.05) is 19.0 Å². The summed E-state index contributed by atoms with van der Waals surface area (Å²) in [5.41, 5.74) is 0.646. The Bertz CT molecular complexity index is 765. The predicted molar refractivity (Wildman–Crippen MR) is 70.9 cm³/mol. The molecule has 1 heterocycles. The van der Waals surface area contributed by atoms with E-state index in [0.29, 0.717) is 17.8 Å². The highest BCUT2D eigenvalue weighted by Gasteiger charge is 2.20. The molecule has 0 aliphatic carbocycles. The van der Waals surface area contributed by atoms with E-state index in [-0.39, 0.29) is 18.2 Å². The van der Waals surface area contributed by atoms with Gasteiger partial charge in [0.25, 0.3) is 0 Å². The smallest absolute Gasteiger partial charge is 0.241 e. The van der Waals surface area contributed by atoms with Crippen LogP contribution >= 0.6 is 0 Å². The quantitative estimate of drug-likeness (QED) is 0.854. The summed E-state index contributed by atoms with van der Waals surface area (Å²) >= 11 is 0. The van der Waals surface area contributed by atoms with Crippen LogP contribution in [0.1, 0.15) is 31.2 Å². The van der Waals surface area contributed by atoms with Gasteiger partial charge in [-0.3, -0.25) is 0 Å². The SMILES string of the molecule is CC(C)c1cc(CNS(=O)(=O)c2cc(F)c(F)c(F)c2)on1. The van der Waals surface area contributed by atoms with Gasteiger partial charge < -0.3 is 4.52 Å².